The number of aldehydes is 1. The number of carbonyl (C=O) groups is 1. The first-order valence-corrected chi connectivity index (χ1v) is 4.24. The number of aryl methyl sites for hydroxylation is 1. The van der Waals surface area contributed by atoms with Gasteiger partial charge in [0.2, 0.25) is 0 Å². The molecule has 0 bridgehead atoms. The third-order valence-electron chi connectivity index (χ3n) is 2.14. The Balaban J connectivity index is 3.23. The lowest BCUT2D eigenvalue weighted by atomic mass is 9.85. The lowest BCUT2D eigenvalue weighted by Gasteiger charge is -2.18. The number of phenols is 1. The fourth-order valence-electron chi connectivity index (χ4n) is 1.25. The molecule has 13 heavy (non-hydrogen) atoms. The van der Waals surface area contributed by atoms with Gasteiger partial charge in [-0.1, -0.05) is 12.1 Å². The molecule has 1 aromatic rings. The van der Waals surface area contributed by atoms with Gasteiger partial charge in [-0.2, -0.15) is 0 Å². The number of phenolic OH excluding ortho intramolecular Hbond substituents is 1. The van der Waals surface area contributed by atoms with Crippen molar-refractivity contribution in [3.05, 3.63) is 29.3 Å². The van der Waals surface area contributed by atoms with E-state index in [9.17, 15) is 9.90 Å². The van der Waals surface area contributed by atoms with E-state index in [-0.39, 0.29) is 5.75 Å². The molecule has 0 spiro atoms. The Morgan fingerprint density at radius 1 is 1.38 bits per heavy atom. The highest BCUT2D eigenvalue weighted by molar-refractivity contribution is 5.69. The van der Waals surface area contributed by atoms with E-state index < -0.39 is 5.41 Å². The molecular formula is C11H14O2. The van der Waals surface area contributed by atoms with Gasteiger partial charge in [0, 0.05) is 11.0 Å². The first kappa shape index (κ1) is 9.78. The van der Waals surface area contributed by atoms with Gasteiger partial charge in [-0.25, -0.2) is 0 Å². The first-order chi connectivity index (χ1) is 5.97. The quantitative estimate of drug-likeness (QED) is 0.705. The van der Waals surface area contributed by atoms with Crippen LogP contribution in [0.15, 0.2) is 18.2 Å². The first-order valence-electron chi connectivity index (χ1n) is 4.24. The van der Waals surface area contributed by atoms with Crippen LogP contribution in [0.3, 0.4) is 0 Å². The Morgan fingerprint density at radius 2 is 2.00 bits per heavy atom. The average molecular weight is 178 g/mol. The highest BCUT2D eigenvalue weighted by Gasteiger charge is 2.22. The number of carbonyl (C=O) groups excluding carboxylic acids is 1. The maximum Gasteiger partial charge on any atom is 0.130 e. The van der Waals surface area contributed by atoms with E-state index in [1.165, 1.54) is 0 Å². The molecule has 1 N–H and O–H groups in total. The van der Waals surface area contributed by atoms with Crippen molar-refractivity contribution >= 4 is 6.29 Å². The van der Waals surface area contributed by atoms with Crippen molar-refractivity contribution in [1.29, 1.82) is 0 Å². The predicted molar refractivity (Wildman–Crippen MR) is 51.9 cm³/mol. The van der Waals surface area contributed by atoms with Gasteiger partial charge < -0.3 is 9.90 Å². The zero-order valence-electron chi connectivity index (χ0n) is 8.16. The summed E-state index contributed by atoms with van der Waals surface area (Å²) >= 11 is 0. The van der Waals surface area contributed by atoms with Crippen molar-refractivity contribution in [2.45, 2.75) is 26.2 Å². The van der Waals surface area contributed by atoms with E-state index in [0.29, 0.717) is 5.56 Å². The average Bonchev–Trinajstić information content (AvgIpc) is 2.03. The van der Waals surface area contributed by atoms with Crippen LogP contribution in [0.1, 0.15) is 25.0 Å². The van der Waals surface area contributed by atoms with Crippen LogP contribution in [-0.2, 0) is 10.2 Å². The molecule has 0 saturated heterocycles. The second-order valence-corrected chi connectivity index (χ2v) is 3.86. The van der Waals surface area contributed by atoms with Gasteiger partial charge in [-0.05, 0) is 32.4 Å². The second-order valence-electron chi connectivity index (χ2n) is 3.86. The molecule has 0 atom stereocenters. The van der Waals surface area contributed by atoms with Crippen molar-refractivity contribution in [3.8, 4) is 5.75 Å². The molecule has 0 amide bonds. The molecule has 2 heteroatoms. The van der Waals surface area contributed by atoms with Gasteiger partial charge in [0.05, 0.1) is 0 Å². The Bertz CT molecular complexity index is 327. The Morgan fingerprint density at radius 3 is 2.46 bits per heavy atom. The maximum atomic E-state index is 10.8. The molecule has 0 heterocycles. The summed E-state index contributed by atoms with van der Waals surface area (Å²) in [6.45, 7) is 5.46. The van der Waals surface area contributed by atoms with Crippen LogP contribution >= 0.6 is 0 Å². The van der Waals surface area contributed by atoms with E-state index in [0.717, 1.165) is 11.8 Å². The van der Waals surface area contributed by atoms with Crippen LogP contribution in [0.2, 0.25) is 0 Å². The van der Waals surface area contributed by atoms with E-state index in [1.807, 2.05) is 13.0 Å². The molecule has 0 aliphatic rings. The van der Waals surface area contributed by atoms with Crippen LogP contribution in [0, 0.1) is 6.92 Å². The number of hydrogen-bond acceptors (Lipinski definition) is 2. The summed E-state index contributed by atoms with van der Waals surface area (Å²) in [6, 6.07) is 5.35. The lowest BCUT2D eigenvalue weighted by molar-refractivity contribution is -0.111. The molecule has 1 aromatic carbocycles. The standard InChI is InChI=1S/C11H14O2/c1-8-4-5-9(10(13)6-8)11(2,3)7-12/h4-7,13H,1-3H3. The molecule has 0 aromatic heterocycles. The molecule has 0 saturated carbocycles. The van der Waals surface area contributed by atoms with E-state index in [2.05, 4.69) is 0 Å². The topological polar surface area (TPSA) is 37.3 Å². The zero-order valence-corrected chi connectivity index (χ0v) is 8.16. The highest BCUT2D eigenvalue weighted by Crippen LogP contribution is 2.29. The molecule has 0 aliphatic heterocycles. The molecule has 0 radical (unpaired) electrons. The fraction of sp³-hybridized carbons (Fsp3) is 0.364. The Labute approximate surface area is 78.2 Å². The molecule has 1 rings (SSSR count). The number of hydrogen-bond donors (Lipinski definition) is 1. The summed E-state index contributed by atoms with van der Waals surface area (Å²) in [4.78, 5) is 10.8. The number of rotatable bonds is 2. The summed E-state index contributed by atoms with van der Waals surface area (Å²) in [7, 11) is 0. The van der Waals surface area contributed by atoms with Crippen LogP contribution in [0.25, 0.3) is 0 Å². The summed E-state index contributed by atoms with van der Waals surface area (Å²) in [5, 5.41) is 9.60. The van der Waals surface area contributed by atoms with Crippen molar-refractivity contribution in [1.82, 2.24) is 0 Å². The van der Waals surface area contributed by atoms with Crippen molar-refractivity contribution in [2.75, 3.05) is 0 Å². The van der Waals surface area contributed by atoms with Crippen molar-refractivity contribution in [2.24, 2.45) is 0 Å². The minimum Gasteiger partial charge on any atom is -0.508 e. The lowest BCUT2D eigenvalue weighted by Crippen LogP contribution is -2.18. The largest absolute Gasteiger partial charge is 0.508 e. The minimum absolute atomic E-state index is 0.192. The molecular weight excluding hydrogens is 164 g/mol. The predicted octanol–water partition coefficient (Wildman–Crippen LogP) is 2.18. The maximum absolute atomic E-state index is 10.8. The second kappa shape index (κ2) is 3.21. The van der Waals surface area contributed by atoms with Crippen molar-refractivity contribution < 1.29 is 9.90 Å². The molecule has 0 unspecified atom stereocenters. The third-order valence-corrected chi connectivity index (χ3v) is 2.14. The SMILES string of the molecule is Cc1ccc(C(C)(C)C=O)c(O)c1. The summed E-state index contributed by atoms with van der Waals surface area (Å²) in [5.41, 5.74) is 1.05. The Hall–Kier alpha value is -1.31. The van der Waals surface area contributed by atoms with Crippen LogP contribution < -0.4 is 0 Å². The fourth-order valence-corrected chi connectivity index (χ4v) is 1.25. The van der Waals surface area contributed by atoms with E-state index >= 15 is 0 Å². The van der Waals surface area contributed by atoms with Crippen LogP contribution in [0.4, 0.5) is 0 Å². The van der Waals surface area contributed by atoms with Gasteiger partial charge in [0.1, 0.15) is 12.0 Å². The molecule has 0 aliphatic carbocycles. The van der Waals surface area contributed by atoms with Gasteiger partial charge >= 0.3 is 0 Å². The monoisotopic (exact) mass is 178 g/mol. The van der Waals surface area contributed by atoms with Gasteiger partial charge in [0.25, 0.3) is 0 Å². The molecule has 70 valence electrons. The van der Waals surface area contributed by atoms with E-state index in [1.54, 1.807) is 26.0 Å². The van der Waals surface area contributed by atoms with Gasteiger partial charge in [0.15, 0.2) is 0 Å². The smallest absolute Gasteiger partial charge is 0.130 e. The normalized spacial score (nSPS) is 11.3. The van der Waals surface area contributed by atoms with Crippen LogP contribution in [-0.4, -0.2) is 11.4 Å². The third kappa shape index (κ3) is 1.89. The minimum atomic E-state index is -0.613. The molecule has 0 fully saturated rings. The van der Waals surface area contributed by atoms with Crippen LogP contribution in [0.5, 0.6) is 5.75 Å². The summed E-state index contributed by atoms with van der Waals surface area (Å²) in [5.74, 6) is 0.192. The summed E-state index contributed by atoms with van der Waals surface area (Å²) in [6.07, 6.45) is 0.845. The molecule has 2 nitrogen and oxygen atoms in total. The number of benzene rings is 1. The van der Waals surface area contributed by atoms with Crippen molar-refractivity contribution in [3.63, 3.8) is 0 Å². The van der Waals surface area contributed by atoms with Gasteiger partial charge in [-0.3, -0.25) is 0 Å². The number of aromatic hydroxyl groups is 1. The van der Waals surface area contributed by atoms with E-state index in [4.69, 9.17) is 0 Å². The zero-order chi connectivity index (χ0) is 10.1. The Kier molecular flexibility index (Phi) is 2.41. The summed E-state index contributed by atoms with van der Waals surface area (Å²) < 4.78 is 0. The van der Waals surface area contributed by atoms with Gasteiger partial charge in [-0.15, -0.1) is 0 Å². The highest BCUT2D eigenvalue weighted by atomic mass is 16.3.